The van der Waals surface area contributed by atoms with Gasteiger partial charge in [-0.25, -0.2) is 8.42 Å². The number of thiophene rings is 1. The molecule has 1 unspecified atom stereocenters. The molecule has 0 spiro atoms. The lowest BCUT2D eigenvalue weighted by Crippen LogP contribution is -2.56. The van der Waals surface area contributed by atoms with Gasteiger partial charge >= 0.3 is 0 Å². The Hall–Kier alpha value is 0.340. The second-order valence-corrected chi connectivity index (χ2v) is 10.2. The van der Waals surface area contributed by atoms with E-state index in [9.17, 15) is 8.42 Å². The fourth-order valence-electron chi connectivity index (χ4n) is 3.12. The van der Waals surface area contributed by atoms with Crippen LogP contribution >= 0.6 is 38.9 Å². The van der Waals surface area contributed by atoms with Gasteiger partial charge in [0.1, 0.15) is 4.90 Å². The Morgan fingerprint density at radius 2 is 2.14 bits per heavy atom. The van der Waals surface area contributed by atoms with Gasteiger partial charge in [0, 0.05) is 30.6 Å². The molecule has 1 atom stereocenters. The quantitative estimate of drug-likeness (QED) is 0.715. The van der Waals surface area contributed by atoms with Gasteiger partial charge in [-0.1, -0.05) is 6.42 Å². The van der Waals surface area contributed by atoms with Crippen molar-refractivity contribution in [3.05, 3.63) is 14.7 Å². The number of hydrogen-bond donors (Lipinski definition) is 0. The molecule has 0 aromatic carbocycles. The second kappa shape index (κ2) is 6.45. The van der Waals surface area contributed by atoms with Crippen molar-refractivity contribution in [3.8, 4) is 0 Å². The zero-order valence-corrected chi connectivity index (χ0v) is 15.6. The van der Waals surface area contributed by atoms with E-state index in [2.05, 4.69) is 20.8 Å². The zero-order valence-electron chi connectivity index (χ0n) is 11.6. The summed E-state index contributed by atoms with van der Waals surface area (Å²) >= 11 is 10.6. The van der Waals surface area contributed by atoms with Gasteiger partial charge in [-0.2, -0.15) is 4.31 Å². The van der Waals surface area contributed by atoms with Crippen LogP contribution in [0.3, 0.4) is 0 Å². The third-order valence-electron chi connectivity index (χ3n) is 4.26. The van der Waals surface area contributed by atoms with Crippen molar-refractivity contribution in [1.29, 1.82) is 0 Å². The molecule has 8 heteroatoms. The van der Waals surface area contributed by atoms with E-state index < -0.39 is 10.0 Å². The summed E-state index contributed by atoms with van der Waals surface area (Å²) in [6.45, 7) is 3.14. The van der Waals surface area contributed by atoms with Gasteiger partial charge in [0.25, 0.3) is 0 Å². The molecule has 118 valence electrons. The molecule has 0 radical (unpaired) electrons. The summed E-state index contributed by atoms with van der Waals surface area (Å²) in [5, 5.41) is 0. The van der Waals surface area contributed by atoms with Crippen LogP contribution in [0, 0.1) is 0 Å². The molecule has 21 heavy (non-hydrogen) atoms. The van der Waals surface area contributed by atoms with Gasteiger partial charge in [-0.05, 0) is 41.4 Å². The molecule has 0 amide bonds. The third-order valence-corrected chi connectivity index (χ3v) is 8.82. The Bertz CT molecular complexity index is 620. The highest BCUT2D eigenvalue weighted by molar-refractivity contribution is 9.11. The van der Waals surface area contributed by atoms with Gasteiger partial charge in [0.15, 0.2) is 0 Å². The molecular formula is C13H18BrClN2O2S2. The molecule has 0 N–H and O–H groups in total. The van der Waals surface area contributed by atoms with Crippen LogP contribution in [0.2, 0.25) is 0 Å². The first-order chi connectivity index (χ1) is 10.0. The minimum absolute atomic E-state index is 0.342. The van der Waals surface area contributed by atoms with Crippen LogP contribution in [-0.2, 0) is 15.9 Å². The van der Waals surface area contributed by atoms with Crippen molar-refractivity contribution < 1.29 is 8.42 Å². The number of piperazine rings is 1. The predicted molar refractivity (Wildman–Crippen MR) is 89.5 cm³/mol. The predicted octanol–water partition coefficient (Wildman–Crippen LogP) is 3.11. The maximum atomic E-state index is 12.9. The molecule has 2 aliphatic rings. The maximum Gasteiger partial charge on any atom is 0.245 e. The van der Waals surface area contributed by atoms with Crippen LogP contribution in [0.15, 0.2) is 14.7 Å². The third kappa shape index (κ3) is 3.19. The lowest BCUT2D eigenvalue weighted by atomic mass is 10.0. The van der Waals surface area contributed by atoms with Crippen molar-refractivity contribution in [3.63, 3.8) is 0 Å². The zero-order chi connectivity index (χ0) is 15.0. The monoisotopic (exact) mass is 412 g/mol. The molecule has 2 aliphatic heterocycles. The highest BCUT2D eigenvalue weighted by atomic mass is 79.9. The summed E-state index contributed by atoms with van der Waals surface area (Å²) in [5.41, 5.74) is 0. The summed E-state index contributed by atoms with van der Waals surface area (Å²) in [7, 11) is -3.42. The first kappa shape index (κ1) is 16.2. The van der Waals surface area contributed by atoms with Gasteiger partial charge in [0.2, 0.25) is 10.0 Å². The number of alkyl halides is 1. The Morgan fingerprint density at radius 3 is 2.86 bits per heavy atom. The first-order valence-corrected chi connectivity index (χ1v) is 10.7. The van der Waals surface area contributed by atoms with Crippen molar-refractivity contribution in [2.75, 3.05) is 26.2 Å². The average Bonchev–Trinajstić information content (AvgIpc) is 2.88. The molecule has 3 heterocycles. The van der Waals surface area contributed by atoms with E-state index in [0.717, 1.165) is 24.4 Å². The Labute approximate surface area is 143 Å². The molecule has 0 saturated carbocycles. The molecular weight excluding hydrogens is 396 g/mol. The number of sulfonamides is 1. The van der Waals surface area contributed by atoms with Crippen molar-refractivity contribution in [2.45, 2.75) is 36.1 Å². The standard InChI is InChI=1S/C13H18BrClN2O2S2/c14-13-12(7-11(8-15)20-13)21(18,19)17-6-5-16-4-2-1-3-10(16)9-17/h7,10H,1-6,8-9H2. The van der Waals surface area contributed by atoms with E-state index in [1.54, 1.807) is 10.4 Å². The van der Waals surface area contributed by atoms with E-state index in [1.165, 1.54) is 24.2 Å². The second-order valence-electron chi connectivity index (χ2n) is 5.53. The molecule has 2 fully saturated rings. The van der Waals surface area contributed by atoms with Crippen molar-refractivity contribution >= 4 is 48.9 Å². The van der Waals surface area contributed by atoms with Gasteiger partial charge in [-0.3, -0.25) is 4.90 Å². The molecule has 0 aliphatic carbocycles. The Kier molecular flexibility index (Phi) is 4.98. The molecule has 2 saturated heterocycles. The maximum absolute atomic E-state index is 12.9. The number of fused-ring (bicyclic) bond motifs is 1. The largest absolute Gasteiger partial charge is 0.298 e. The fraction of sp³-hybridized carbons (Fsp3) is 0.692. The lowest BCUT2D eigenvalue weighted by molar-refractivity contribution is 0.0851. The van der Waals surface area contributed by atoms with E-state index >= 15 is 0 Å². The Balaban J connectivity index is 1.83. The normalized spacial score (nSPS) is 25.0. The molecule has 4 nitrogen and oxygen atoms in total. The minimum Gasteiger partial charge on any atom is -0.298 e. The number of halogens is 2. The SMILES string of the molecule is O=S(=O)(c1cc(CCl)sc1Br)N1CCN2CCCCC2C1. The smallest absolute Gasteiger partial charge is 0.245 e. The summed E-state index contributed by atoms with van der Waals surface area (Å²) in [6, 6.07) is 2.08. The van der Waals surface area contributed by atoms with E-state index in [-0.39, 0.29) is 0 Å². The average molecular weight is 414 g/mol. The molecule has 1 aromatic heterocycles. The van der Waals surface area contributed by atoms with Gasteiger partial charge < -0.3 is 0 Å². The van der Waals surface area contributed by atoms with E-state index in [0.29, 0.717) is 33.7 Å². The van der Waals surface area contributed by atoms with Gasteiger partial charge in [0.05, 0.1) is 9.67 Å². The van der Waals surface area contributed by atoms with Crippen LogP contribution in [0.4, 0.5) is 0 Å². The minimum atomic E-state index is -3.42. The van der Waals surface area contributed by atoms with Crippen LogP contribution in [0.25, 0.3) is 0 Å². The van der Waals surface area contributed by atoms with Crippen molar-refractivity contribution in [2.24, 2.45) is 0 Å². The summed E-state index contributed by atoms with van der Waals surface area (Å²) in [6.07, 6.45) is 3.54. The fourth-order valence-corrected chi connectivity index (χ4v) is 7.32. The molecule has 3 rings (SSSR count). The van der Waals surface area contributed by atoms with Crippen LogP contribution in [0.1, 0.15) is 24.1 Å². The van der Waals surface area contributed by atoms with Crippen LogP contribution in [-0.4, -0.2) is 49.8 Å². The molecule has 0 bridgehead atoms. The summed E-state index contributed by atoms with van der Waals surface area (Å²) < 4.78 is 28.0. The molecule has 1 aromatic rings. The van der Waals surface area contributed by atoms with E-state index in [4.69, 9.17) is 11.6 Å². The van der Waals surface area contributed by atoms with Crippen LogP contribution in [0.5, 0.6) is 0 Å². The lowest BCUT2D eigenvalue weighted by Gasteiger charge is -2.43. The number of hydrogen-bond acceptors (Lipinski definition) is 4. The summed E-state index contributed by atoms with van der Waals surface area (Å²) in [4.78, 5) is 3.67. The van der Waals surface area contributed by atoms with Gasteiger partial charge in [-0.15, -0.1) is 22.9 Å². The first-order valence-electron chi connectivity index (χ1n) is 7.11. The highest BCUT2D eigenvalue weighted by Gasteiger charge is 2.36. The number of piperidine rings is 1. The van der Waals surface area contributed by atoms with E-state index in [1.807, 2.05) is 0 Å². The highest BCUT2D eigenvalue weighted by Crippen LogP contribution is 2.35. The van der Waals surface area contributed by atoms with Crippen molar-refractivity contribution in [1.82, 2.24) is 9.21 Å². The van der Waals surface area contributed by atoms with Crippen LogP contribution < -0.4 is 0 Å². The number of rotatable bonds is 3. The summed E-state index contributed by atoms with van der Waals surface area (Å²) in [5.74, 6) is 0.342. The number of nitrogens with zero attached hydrogens (tertiary/aromatic N) is 2. The topological polar surface area (TPSA) is 40.6 Å². The Morgan fingerprint density at radius 1 is 1.33 bits per heavy atom.